The van der Waals surface area contributed by atoms with Crippen molar-refractivity contribution < 1.29 is 14.7 Å². The van der Waals surface area contributed by atoms with Crippen LogP contribution in [0.5, 0.6) is 0 Å². The van der Waals surface area contributed by atoms with Crippen LogP contribution < -0.4 is 5.32 Å². The molecular weight excluding hydrogens is 349 g/mol. The van der Waals surface area contributed by atoms with Gasteiger partial charge in [0.1, 0.15) is 4.84 Å². The first-order valence-corrected chi connectivity index (χ1v) is 8.68. The van der Waals surface area contributed by atoms with Crippen molar-refractivity contribution in [2.24, 2.45) is 0 Å². The highest BCUT2D eigenvalue weighted by Gasteiger charge is 2.08. The summed E-state index contributed by atoms with van der Waals surface area (Å²) >= 11 is 11.3. The maximum Gasteiger partial charge on any atom is 0.335 e. The van der Waals surface area contributed by atoms with Gasteiger partial charge in [0, 0.05) is 12.1 Å². The molecule has 6 heteroatoms. The van der Waals surface area contributed by atoms with Crippen molar-refractivity contribution in [2.45, 2.75) is 30.5 Å². The third-order valence-electron chi connectivity index (χ3n) is 3.73. The van der Waals surface area contributed by atoms with Gasteiger partial charge in [0.2, 0.25) is 0 Å². The molecule has 2 aromatic rings. The Balaban J connectivity index is 1.90. The van der Waals surface area contributed by atoms with Gasteiger partial charge in [-0.25, -0.2) is 4.79 Å². The molecule has 0 aliphatic heterocycles. The lowest BCUT2D eigenvalue weighted by Gasteiger charge is -2.07. The molecule has 0 aliphatic rings. The number of fused-ring (bicyclic) bond motifs is 1. The summed E-state index contributed by atoms with van der Waals surface area (Å²) in [5.41, 5.74) is 0.794. The molecule has 0 unspecified atom stereocenters. The molecule has 4 nitrogen and oxygen atoms in total. The van der Waals surface area contributed by atoms with E-state index in [4.69, 9.17) is 28.3 Å². The summed E-state index contributed by atoms with van der Waals surface area (Å²) < 4.78 is 0. The highest BCUT2D eigenvalue weighted by molar-refractivity contribution is 6.44. The Labute approximate surface area is 150 Å². The van der Waals surface area contributed by atoms with Crippen LogP contribution in [0.4, 0.5) is 0 Å². The van der Waals surface area contributed by atoms with E-state index in [-0.39, 0.29) is 16.3 Å². The third-order valence-corrected chi connectivity index (χ3v) is 4.17. The van der Waals surface area contributed by atoms with E-state index in [1.807, 2.05) is 0 Å². The molecule has 0 atom stereocenters. The number of carbonyl (C=O) groups is 2. The van der Waals surface area contributed by atoms with Crippen molar-refractivity contribution in [2.75, 3.05) is 6.54 Å². The number of carbonyl (C=O) groups excluding carboxylic acids is 1. The molecular formula is C18H19Cl2NO3. The zero-order chi connectivity index (χ0) is 17.5. The second-order valence-electron chi connectivity index (χ2n) is 5.58. The smallest absolute Gasteiger partial charge is 0.335 e. The second kappa shape index (κ2) is 8.90. The van der Waals surface area contributed by atoms with Crippen molar-refractivity contribution in [1.82, 2.24) is 5.32 Å². The van der Waals surface area contributed by atoms with Gasteiger partial charge >= 0.3 is 5.97 Å². The highest BCUT2D eigenvalue weighted by Crippen LogP contribution is 2.18. The summed E-state index contributed by atoms with van der Waals surface area (Å²) in [4.78, 5) is 22.8. The Bertz CT molecular complexity index is 731. The molecule has 0 radical (unpaired) electrons. The summed E-state index contributed by atoms with van der Waals surface area (Å²) in [6, 6.07) is 10.1. The molecule has 0 heterocycles. The average Bonchev–Trinajstić information content (AvgIpc) is 2.56. The number of benzene rings is 2. The van der Waals surface area contributed by atoms with E-state index >= 15 is 0 Å². The highest BCUT2D eigenvalue weighted by atomic mass is 35.5. The Hall–Kier alpha value is -1.78. The lowest BCUT2D eigenvalue weighted by Crippen LogP contribution is -2.24. The lowest BCUT2D eigenvalue weighted by atomic mass is 10.0. The first-order valence-electron chi connectivity index (χ1n) is 7.81. The van der Waals surface area contributed by atoms with Crippen molar-refractivity contribution in [3.8, 4) is 0 Å². The van der Waals surface area contributed by atoms with Gasteiger partial charge in [0.15, 0.2) is 0 Å². The number of alkyl halides is 2. The number of unbranched alkanes of at least 4 members (excludes halogenated alkanes) is 2. The topological polar surface area (TPSA) is 66.4 Å². The Kier molecular flexibility index (Phi) is 6.88. The number of nitrogens with one attached hydrogen (secondary N) is 1. The summed E-state index contributed by atoms with van der Waals surface area (Å²) in [5.74, 6) is -1.10. The summed E-state index contributed by atoms with van der Waals surface area (Å²) in [6.45, 7) is 0.601. The van der Waals surface area contributed by atoms with Gasteiger partial charge in [0.05, 0.1) is 5.56 Å². The fourth-order valence-electron chi connectivity index (χ4n) is 2.42. The number of aromatic carboxylic acids is 1. The van der Waals surface area contributed by atoms with E-state index in [9.17, 15) is 9.59 Å². The van der Waals surface area contributed by atoms with Gasteiger partial charge in [-0.05, 0) is 47.9 Å². The van der Waals surface area contributed by atoms with Gasteiger partial charge in [0.25, 0.3) is 5.91 Å². The Morgan fingerprint density at radius 3 is 2.21 bits per heavy atom. The zero-order valence-corrected chi connectivity index (χ0v) is 14.6. The van der Waals surface area contributed by atoms with Crippen LogP contribution in [0.3, 0.4) is 0 Å². The SMILES string of the molecule is O=C(O)c1ccc2cc(C(=O)NCCCCCC(Cl)Cl)ccc2c1. The van der Waals surface area contributed by atoms with E-state index in [0.29, 0.717) is 12.1 Å². The first-order chi connectivity index (χ1) is 11.5. The van der Waals surface area contributed by atoms with E-state index in [1.165, 1.54) is 6.07 Å². The van der Waals surface area contributed by atoms with Crippen LogP contribution in [-0.4, -0.2) is 28.4 Å². The molecule has 2 aromatic carbocycles. The number of halogens is 2. The normalized spacial score (nSPS) is 11.0. The lowest BCUT2D eigenvalue weighted by molar-refractivity contribution is 0.0696. The molecule has 0 saturated carbocycles. The van der Waals surface area contributed by atoms with Crippen molar-refractivity contribution in [3.05, 3.63) is 47.5 Å². The van der Waals surface area contributed by atoms with Gasteiger partial charge in [-0.15, -0.1) is 23.2 Å². The number of carboxylic acids is 1. The van der Waals surface area contributed by atoms with Crippen LogP contribution in [0, 0.1) is 0 Å². The number of amides is 1. The van der Waals surface area contributed by atoms with E-state index in [1.54, 1.807) is 30.3 Å². The number of hydrogen-bond donors (Lipinski definition) is 2. The van der Waals surface area contributed by atoms with Gasteiger partial charge in [-0.1, -0.05) is 25.0 Å². The number of rotatable bonds is 8. The zero-order valence-electron chi connectivity index (χ0n) is 13.1. The summed E-state index contributed by atoms with van der Waals surface area (Å²) in [5, 5.41) is 13.5. The Morgan fingerprint density at radius 1 is 0.958 bits per heavy atom. The largest absolute Gasteiger partial charge is 0.478 e. The maximum absolute atomic E-state index is 12.2. The van der Waals surface area contributed by atoms with E-state index in [0.717, 1.165) is 36.5 Å². The van der Waals surface area contributed by atoms with E-state index < -0.39 is 5.97 Å². The molecule has 1 amide bonds. The number of carboxylic acid groups (broad SMARTS) is 1. The molecule has 0 spiro atoms. The summed E-state index contributed by atoms with van der Waals surface area (Å²) in [7, 11) is 0. The molecule has 2 N–H and O–H groups in total. The monoisotopic (exact) mass is 367 g/mol. The van der Waals surface area contributed by atoms with Crippen molar-refractivity contribution >= 4 is 45.9 Å². The van der Waals surface area contributed by atoms with Gasteiger partial charge < -0.3 is 10.4 Å². The molecule has 24 heavy (non-hydrogen) atoms. The minimum atomic E-state index is -0.964. The van der Waals surface area contributed by atoms with Gasteiger partial charge in [-0.2, -0.15) is 0 Å². The van der Waals surface area contributed by atoms with Crippen LogP contribution in [-0.2, 0) is 0 Å². The van der Waals surface area contributed by atoms with Crippen molar-refractivity contribution in [1.29, 1.82) is 0 Å². The fraction of sp³-hybridized carbons (Fsp3) is 0.333. The molecule has 0 fully saturated rings. The van der Waals surface area contributed by atoms with Crippen LogP contribution in [0.2, 0.25) is 0 Å². The first kappa shape index (κ1) is 18.6. The fourth-order valence-corrected chi connectivity index (χ4v) is 2.73. The molecule has 0 saturated heterocycles. The standard InChI is InChI=1S/C18H19Cl2NO3/c19-16(20)4-2-1-3-9-21-17(22)14-7-5-13-11-15(18(23)24)8-6-12(13)10-14/h5-8,10-11,16H,1-4,9H2,(H,21,22)(H,23,24). The average molecular weight is 368 g/mol. The third kappa shape index (κ3) is 5.39. The van der Waals surface area contributed by atoms with Crippen LogP contribution in [0.15, 0.2) is 36.4 Å². The summed E-state index contributed by atoms with van der Waals surface area (Å²) in [6.07, 6.45) is 3.54. The van der Waals surface area contributed by atoms with Gasteiger partial charge in [-0.3, -0.25) is 4.79 Å². The minimum absolute atomic E-state index is 0.133. The molecule has 2 rings (SSSR count). The molecule has 0 bridgehead atoms. The number of hydrogen-bond acceptors (Lipinski definition) is 2. The maximum atomic E-state index is 12.2. The molecule has 128 valence electrons. The van der Waals surface area contributed by atoms with Crippen LogP contribution in [0.25, 0.3) is 10.8 Å². The van der Waals surface area contributed by atoms with Crippen LogP contribution in [0.1, 0.15) is 46.4 Å². The molecule has 0 aromatic heterocycles. The van der Waals surface area contributed by atoms with Crippen LogP contribution >= 0.6 is 23.2 Å². The Morgan fingerprint density at radius 2 is 1.58 bits per heavy atom. The molecule has 0 aliphatic carbocycles. The minimum Gasteiger partial charge on any atom is -0.478 e. The second-order valence-corrected chi connectivity index (χ2v) is 6.86. The predicted molar refractivity (Wildman–Crippen MR) is 97.2 cm³/mol. The predicted octanol–water partition coefficient (Wildman–Crippen LogP) is 4.63. The quantitative estimate of drug-likeness (QED) is 0.527. The van der Waals surface area contributed by atoms with Crippen molar-refractivity contribution in [3.63, 3.8) is 0 Å². The van der Waals surface area contributed by atoms with E-state index in [2.05, 4.69) is 5.32 Å².